The van der Waals surface area contributed by atoms with Crippen molar-refractivity contribution in [2.24, 2.45) is 0 Å². The number of ether oxygens (including phenoxy) is 2. The average molecular weight is 382 g/mol. The summed E-state index contributed by atoms with van der Waals surface area (Å²) in [6.07, 6.45) is 1.45. The molecule has 2 bridgehead atoms. The number of aryl methyl sites for hydroxylation is 1. The van der Waals surface area contributed by atoms with Gasteiger partial charge in [-0.3, -0.25) is 9.59 Å². The van der Waals surface area contributed by atoms with Crippen LogP contribution in [0.2, 0.25) is 0 Å². The van der Waals surface area contributed by atoms with Gasteiger partial charge in [-0.2, -0.15) is 0 Å². The van der Waals surface area contributed by atoms with Gasteiger partial charge in [-0.15, -0.1) is 0 Å². The van der Waals surface area contributed by atoms with Crippen LogP contribution in [-0.4, -0.2) is 59.6 Å². The third kappa shape index (κ3) is 3.38. The standard InChI is InChI=1S/C20H22N4O4/c1-11-8-13-16(21-11)9-14-18-15(22-19(14)25)4-5-17(23-18)28-12(2)10-27-7-6-24(3)20(13)26/h4-5,8-9,12,21H,6-7,10H2,1-3H3,(H,22,25)/b14-9-/t12-/m0/s1. The second kappa shape index (κ2) is 7.12. The van der Waals surface area contributed by atoms with Gasteiger partial charge in [0, 0.05) is 25.4 Å². The first-order chi connectivity index (χ1) is 13.4. The zero-order valence-corrected chi connectivity index (χ0v) is 16.0. The Morgan fingerprint density at radius 3 is 2.93 bits per heavy atom. The Morgan fingerprint density at radius 1 is 1.29 bits per heavy atom. The average Bonchev–Trinajstić information content (AvgIpc) is 3.17. The quantitative estimate of drug-likeness (QED) is 0.727. The van der Waals surface area contributed by atoms with Gasteiger partial charge in [-0.1, -0.05) is 0 Å². The number of hydrogen-bond donors (Lipinski definition) is 2. The molecule has 2 amide bonds. The molecule has 0 unspecified atom stereocenters. The molecule has 0 radical (unpaired) electrons. The van der Waals surface area contributed by atoms with Gasteiger partial charge in [0.05, 0.1) is 35.7 Å². The minimum absolute atomic E-state index is 0.140. The number of aromatic nitrogens is 2. The van der Waals surface area contributed by atoms with Crippen LogP contribution in [0.4, 0.5) is 5.69 Å². The fourth-order valence-corrected chi connectivity index (χ4v) is 3.29. The van der Waals surface area contributed by atoms with Gasteiger partial charge in [0.25, 0.3) is 11.8 Å². The first kappa shape index (κ1) is 18.2. The highest BCUT2D eigenvalue weighted by Gasteiger charge is 2.28. The normalized spacial score (nSPS) is 21.8. The highest BCUT2D eigenvalue weighted by molar-refractivity contribution is 6.34. The molecule has 28 heavy (non-hydrogen) atoms. The molecule has 2 aliphatic rings. The fraction of sp³-hybridized carbons (Fsp3) is 0.350. The predicted molar refractivity (Wildman–Crippen MR) is 104 cm³/mol. The monoisotopic (exact) mass is 382 g/mol. The van der Waals surface area contributed by atoms with E-state index in [4.69, 9.17) is 9.47 Å². The lowest BCUT2D eigenvalue weighted by molar-refractivity contribution is -0.110. The Hall–Kier alpha value is -3.13. The van der Waals surface area contributed by atoms with Crippen molar-refractivity contribution in [1.29, 1.82) is 0 Å². The van der Waals surface area contributed by atoms with Crippen molar-refractivity contribution in [2.45, 2.75) is 20.0 Å². The molecule has 0 saturated carbocycles. The van der Waals surface area contributed by atoms with Crippen LogP contribution in [0.25, 0.3) is 11.6 Å². The number of carbonyl (C=O) groups excluding carboxylic acids is 2. The number of amides is 2. The molecule has 0 aliphatic carbocycles. The maximum absolute atomic E-state index is 12.9. The van der Waals surface area contributed by atoms with E-state index in [1.54, 1.807) is 36.2 Å². The number of hydrogen-bond acceptors (Lipinski definition) is 5. The number of nitrogens with zero attached hydrogens (tertiary/aromatic N) is 2. The topological polar surface area (TPSA) is 96.6 Å². The zero-order valence-electron chi connectivity index (χ0n) is 16.0. The molecule has 0 spiro atoms. The van der Waals surface area contributed by atoms with Gasteiger partial charge in [0.1, 0.15) is 11.8 Å². The van der Waals surface area contributed by atoms with Crippen molar-refractivity contribution >= 4 is 29.2 Å². The number of nitrogens with one attached hydrogen (secondary N) is 2. The third-order valence-electron chi connectivity index (χ3n) is 4.71. The fourth-order valence-electron chi connectivity index (χ4n) is 3.29. The number of fused-ring (bicyclic) bond motifs is 2. The van der Waals surface area contributed by atoms with Crippen molar-refractivity contribution in [1.82, 2.24) is 14.9 Å². The van der Waals surface area contributed by atoms with E-state index in [1.165, 1.54) is 0 Å². The van der Waals surface area contributed by atoms with Gasteiger partial charge in [0.15, 0.2) is 0 Å². The van der Waals surface area contributed by atoms with E-state index in [0.29, 0.717) is 53.9 Å². The summed E-state index contributed by atoms with van der Waals surface area (Å²) in [5, 5.41) is 2.80. The molecule has 2 aromatic rings. The lowest BCUT2D eigenvalue weighted by Gasteiger charge is -2.18. The first-order valence-corrected chi connectivity index (χ1v) is 9.16. The number of anilines is 1. The van der Waals surface area contributed by atoms with Crippen molar-refractivity contribution in [2.75, 3.05) is 32.1 Å². The summed E-state index contributed by atoms with van der Waals surface area (Å²) in [6.45, 7) is 4.97. The largest absolute Gasteiger partial charge is 0.472 e. The highest BCUT2D eigenvalue weighted by atomic mass is 16.5. The van der Waals surface area contributed by atoms with Gasteiger partial charge >= 0.3 is 0 Å². The Kier molecular flexibility index (Phi) is 4.64. The van der Waals surface area contributed by atoms with Gasteiger partial charge in [0.2, 0.25) is 5.88 Å². The lowest BCUT2D eigenvalue weighted by atomic mass is 10.1. The van der Waals surface area contributed by atoms with Crippen LogP contribution in [0.3, 0.4) is 0 Å². The molecule has 4 rings (SSSR count). The van der Waals surface area contributed by atoms with E-state index < -0.39 is 0 Å². The Balaban J connectivity index is 1.83. The van der Waals surface area contributed by atoms with Crippen molar-refractivity contribution < 1.29 is 19.1 Å². The molecule has 2 aromatic heterocycles. The minimum Gasteiger partial charge on any atom is -0.472 e. The van der Waals surface area contributed by atoms with Crippen molar-refractivity contribution in [3.8, 4) is 5.88 Å². The second-order valence-corrected chi connectivity index (χ2v) is 7.07. The lowest BCUT2D eigenvalue weighted by Crippen LogP contribution is -2.31. The molecule has 4 heterocycles. The number of rotatable bonds is 0. The van der Waals surface area contributed by atoms with Crippen LogP contribution in [0.1, 0.15) is 34.4 Å². The van der Waals surface area contributed by atoms with Gasteiger partial charge in [-0.25, -0.2) is 4.98 Å². The van der Waals surface area contributed by atoms with Crippen LogP contribution >= 0.6 is 0 Å². The molecule has 1 atom stereocenters. The molecular formula is C20H22N4O4. The van der Waals surface area contributed by atoms with E-state index in [1.807, 2.05) is 13.8 Å². The number of likely N-dealkylation sites (N-methyl/N-ethyl adjacent to an activating group) is 1. The zero-order chi connectivity index (χ0) is 19.8. The van der Waals surface area contributed by atoms with Crippen LogP contribution in [-0.2, 0) is 9.53 Å². The first-order valence-electron chi connectivity index (χ1n) is 9.16. The minimum atomic E-state index is -0.264. The summed E-state index contributed by atoms with van der Waals surface area (Å²) in [4.78, 5) is 34.7. The molecule has 2 aliphatic heterocycles. The maximum Gasteiger partial charge on any atom is 0.258 e. The van der Waals surface area contributed by atoms with E-state index in [2.05, 4.69) is 15.3 Å². The van der Waals surface area contributed by atoms with Gasteiger partial charge < -0.3 is 24.7 Å². The Labute approximate surface area is 162 Å². The van der Waals surface area contributed by atoms with Crippen LogP contribution in [0, 0.1) is 6.92 Å². The molecule has 0 saturated heterocycles. The number of carbonyl (C=O) groups is 2. The van der Waals surface area contributed by atoms with E-state index in [-0.39, 0.29) is 17.9 Å². The smallest absolute Gasteiger partial charge is 0.258 e. The molecular weight excluding hydrogens is 360 g/mol. The summed E-state index contributed by atoms with van der Waals surface area (Å²) in [7, 11) is 1.73. The summed E-state index contributed by atoms with van der Waals surface area (Å²) >= 11 is 0. The summed E-state index contributed by atoms with van der Waals surface area (Å²) in [6, 6.07) is 5.27. The van der Waals surface area contributed by atoms with Crippen molar-refractivity contribution in [3.63, 3.8) is 0 Å². The molecule has 0 fully saturated rings. The molecule has 2 N–H and O–H groups in total. The summed E-state index contributed by atoms with van der Waals surface area (Å²) in [5.41, 5.74) is 3.42. The van der Waals surface area contributed by atoms with Gasteiger partial charge in [-0.05, 0) is 32.1 Å². The van der Waals surface area contributed by atoms with Crippen LogP contribution in [0.15, 0.2) is 18.2 Å². The summed E-state index contributed by atoms with van der Waals surface area (Å²) in [5.74, 6) is 0.0156. The number of pyridine rings is 1. The Bertz CT molecular complexity index is 979. The SMILES string of the molecule is Cc1cc2c([nH]1)/C=C1\C(=O)Nc3ccc(nc31)O[C@@H](C)COCCN(C)C2=O. The maximum atomic E-state index is 12.9. The highest BCUT2D eigenvalue weighted by Crippen LogP contribution is 2.34. The molecule has 0 aromatic carbocycles. The second-order valence-electron chi connectivity index (χ2n) is 7.07. The number of aromatic amines is 1. The van der Waals surface area contributed by atoms with Crippen LogP contribution < -0.4 is 10.1 Å². The Morgan fingerprint density at radius 2 is 2.11 bits per heavy atom. The van der Waals surface area contributed by atoms with E-state index >= 15 is 0 Å². The molecule has 8 heteroatoms. The van der Waals surface area contributed by atoms with E-state index in [0.717, 1.165) is 5.69 Å². The van der Waals surface area contributed by atoms with Crippen LogP contribution in [0.5, 0.6) is 5.88 Å². The summed E-state index contributed by atoms with van der Waals surface area (Å²) < 4.78 is 11.5. The molecule has 8 nitrogen and oxygen atoms in total. The van der Waals surface area contributed by atoms with E-state index in [9.17, 15) is 9.59 Å². The third-order valence-corrected chi connectivity index (χ3v) is 4.71. The molecule has 146 valence electrons. The number of H-pyrrole nitrogens is 1. The van der Waals surface area contributed by atoms with Crippen molar-refractivity contribution in [3.05, 3.63) is 40.8 Å². The predicted octanol–water partition coefficient (Wildman–Crippen LogP) is 2.08.